The molecule has 18 heavy (non-hydrogen) atoms. The van der Waals surface area contributed by atoms with E-state index in [1.54, 1.807) is 23.0 Å². The Balaban J connectivity index is 1.90. The molecular weight excluding hydrogens is 257 g/mol. The Morgan fingerprint density at radius 3 is 2.78 bits per heavy atom. The summed E-state index contributed by atoms with van der Waals surface area (Å²) in [5.74, 6) is 0.286. The largest absolute Gasteiger partial charge is 0.492 e. The highest BCUT2D eigenvalue weighted by Crippen LogP contribution is 2.11. The van der Waals surface area contributed by atoms with Crippen molar-refractivity contribution in [3.05, 3.63) is 36.4 Å². The van der Waals surface area contributed by atoms with E-state index in [0.717, 1.165) is 0 Å². The first-order valence-corrected chi connectivity index (χ1v) is 6.82. The minimum atomic E-state index is -1.18. The first kappa shape index (κ1) is 12.7. The lowest BCUT2D eigenvalue weighted by molar-refractivity contribution is 0.293. The number of hydrogen-bond donors (Lipinski definition) is 0. The highest BCUT2D eigenvalue weighted by Gasteiger charge is 2.07. The molecule has 0 spiro atoms. The molecule has 1 aromatic heterocycles. The standard InChI is InChI=1S/C11H12FN3O2S/c1-18(16)11-14-13-8-15(11)6-7-17-10-4-2-9(12)3-5-10/h2-5,8H,6-7H2,1H3/t18-/m0/s1. The number of halogens is 1. The maximum absolute atomic E-state index is 12.7. The van der Waals surface area contributed by atoms with Gasteiger partial charge in [-0.3, -0.25) is 4.21 Å². The zero-order valence-corrected chi connectivity index (χ0v) is 10.6. The van der Waals surface area contributed by atoms with Crippen LogP contribution in [0.15, 0.2) is 35.7 Å². The van der Waals surface area contributed by atoms with Crippen LogP contribution in [0.3, 0.4) is 0 Å². The molecule has 0 amide bonds. The lowest BCUT2D eigenvalue weighted by Gasteiger charge is -2.07. The van der Waals surface area contributed by atoms with E-state index in [4.69, 9.17) is 4.74 Å². The van der Waals surface area contributed by atoms with Crippen molar-refractivity contribution < 1.29 is 13.3 Å². The third-order valence-corrected chi connectivity index (χ3v) is 3.08. The maximum Gasteiger partial charge on any atom is 0.221 e. The van der Waals surface area contributed by atoms with Crippen LogP contribution in [-0.4, -0.2) is 31.8 Å². The van der Waals surface area contributed by atoms with Crippen molar-refractivity contribution >= 4 is 10.8 Å². The fourth-order valence-electron chi connectivity index (χ4n) is 1.41. The summed E-state index contributed by atoms with van der Waals surface area (Å²) in [6, 6.07) is 5.78. The predicted molar refractivity (Wildman–Crippen MR) is 64.2 cm³/mol. The first-order valence-electron chi connectivity index (χ1n) is 5.26. The summed E-state index contributed by atoms with van der Waals surface area (Å²) < 4.78 is 31.1. The molecule has 0 aliphatic heterocycles. The second-order valence-corrected chi connectivity index (χ2v) is 4.84. The van der Waals surface area contributed by atoms with Crippen LogP contribution in [-0.2, 0) is 17.3 Å². The quantitative estimate of drug-likeness (QED) is 0.819. The Kier molecular flexibility index (Phi) is 4.03. The van der Waals surface area contributed by atoms with Gasteiger partial charge in [-0.15, -0.1) is 10.2 Å². The van der Waals surface area contributed by atoms with Crippen molar-refractivity contribution in [2.75, 3.05) is 12.9 Å². The van der Waals surface area contributed by atoms with E-state index in [1.165, 1.54) is 18.5 Å². The van der Waals surface area contributed by atoms with Gasteiger partial charge in [-0.25, -0.2) is 4.39 Å². The van der Waals surface area contributed by atoms with Crippen LogP contribution < -0.4 is 4.74 Å². The van der Waals surface area contributed by atoms with Gasteiger partial charge < -0.3 is 9.30 Å². The van der Waals surface area contributed by atoms with Crippen LogP contribution in [0.4, 0.5) is 4.39 Å². The molecule has 0 unspecified atom stereocenters. The van der Waals surface area contributed by atoms with Gasteiger partial charge in [0, 0.05) is 6.26 Å². The number of benzene rings is 1. The van der Waals surface area contributed by atoms with Crippen molar-refractivity contribution in [1.82, 2.24) is 14.8 Å². The van der Waals surface area contributed by atoms with Gasteiger partial charge in [0.1, 0.15) is 24.5 Å². The molecule has 96 valence electrons. The third-order valence-electron chi connectivity index (χ3n) is 2.25. The van der Waals surface area contributed by atoms with Gasteiger partial charge in [-0.2, -0.15) is 0 Å². The molecule has 2 rings (SSSR count). The van der Waals surface area contributed by atoms with Crippen LogP contribution in [0.5, 0.6) is 5.75 Å². The van der Waals surface area contributed by atoms with Gasteiger partial charge in [-0.05, 0) is 24.3 Å². The molecule has 2 aromatic rings. The molecule has 0 fully saturated rings. The Morgan fingerprint density at radius 1 is 1.39 bits per heavy atom. The molecule has 5 nitrogen and oxygen atoms in total. The second-order valence-electron chi connectivity index (χ2n) is 3.56. The Hall–Kier alpha value is -1.76. The Morgan fingerprint density at radius 2 is 2.11 bits per heavy atom. The van der Waals surface area contributed by atoms with Crippen molar-refractivity contribution in [2.45, 2.75) is 11.7 Å². The predicted octanol–water partition coefficient (Wildman–Crippen LogP) is 1.23. The number of rotatable bonds is 5. The summed E-state index contributed by atoms with van der Waals surface area (Å²) >= 11 is 0. The summed E-state index contributed by atoms with van der Waals surface area (Å²) in [5, 5.41) is 7.87. The Labute approximate surface area is 106 Å². The van der Waals surface area contributed by atoms with Crippen LogP contribution in [0, 0.1) is 5.82 Å². The molecule has 0 aliphatic carbocycles. The van der Waals surface area contributed by atoms with Crippen molar-refractivity contribution in [2.24, 2.45) is 0 Å². The lowest BCUT2D eigenvalue weighted by atomic mass is 10.3. The number of hydrogen-bond acceptors (Lipinski definition) is 4. The van der Waals surface area contributed by atoms with Gasteiger partial charge in [0.25, 0.3) is 0 Å². The Bertz CT molecular complexity index is 541. The molecule has 1 heterocycles. The molecule has 0 saturated heterocycles. The number of nitrogens with zero attached hydrogens (tertiary/aromatic N) is 3. The molecule has 0 aliphatic rings. The van der Waals surface area contributed by atoms with E-state index in [9.17, 15) is 8.60 Å². The van der Waals surface area contributed by atoms with E-state index in [2.05, 4.69) is 10.2 Å². The van der Waals surface area contributed by atoms with E-state index in [0.29, 0.717) is 24.1 Å². The summed E-state index contributed by atoms with van der Waals surface area (Å²) in [6.45, 7) is 0.854. The van der Waals surface area contributed by atoms with Gasteiger partial charge in [0.15, 0.2) is 0 Å². The third kappa shape index (κ3) is 3.13. The second kappa shape index (κ2) is 5.72. The average molecular weight is 269 g/mol. The summed E-state index contributed by atoms with van der Waals surface area (Å²) in [7, 11) is -1.18. The van der Waals surface area contributed by atoms with Crippen LogP contribution in [0.25, 0.3) is 0 Å². The molecule has 0 radical (unpaired) electrons. The van der Waals surface area contributed by atoms with E-state index < -0.39 is 10.8 Å². The molecule has 1 aromatic carbocycles. The highest BCUT2D eigenvalue weighted by atomic mass is 32.2. The minimum absolute atomic E-state index is 0.301. The lowest BCUT2D eigenvalue weighted by Crippen LogP contribution is -2.11. The normalized spacial score (nSPS) is 12.3. The van der Waals surface area contributed by atoms with Crippen molar-refractivity contribution in [3.8, 4) is 5.75 Å². The smallest absolute Gasteiger partial charge is 0.221 e. The molecule has 1 atom stereocenters. The summed E-state index contributed by atoms with van der Waals surface area (Å²) in [6.07, 6.45) is 3.05. The van der Waals surface area contributed by atoms with E-state index in [-0.39, 0.29) is 5.82 Å². The highest BCUT2D eigenvalue weighted by molar-refractivity contribution is 7.84. The summed E-state index contributed by atoms with van der Waals surface area (Å²) in [4.78, 5) is 0. The van der Waals surface area contributed by atoms with Crippen LogP contribution in [0.1, 0.15) is 0 Å². The van der Waals surface area contributed by atoms with Gasteiger partial charge in [0.05, 0.1) is 17.3 Å². The van der Waals surface area contributed by atoms with Crippen LogP contribution in [0.2, 0.25) is 0 Å². The van der Waals surface area contributed by atoms with Crippen LogP contribution >= 0.6 is 0 Å². The summed E-state index contributed by atoms with van der Waals surface area (Å²) in [5.41, 5.74) is 0. The molecule has 0 saturated carbocycles. The zero-order valence-electron chi connectivity index (χ0n) is 9.75. The van der Waals surface area contributed by atoms with Crippen molar-refractivity contribution in [1.29, 1.82) is 0 Å². The monoisotopic (exact) mass is 269 g/mol. The van der Waals surface area contributed by atoms with Gasteiger partial charge in [-0.1, -0.05) is 0 Å². The minimum Gasteiger partial charge on any atom is -0.492 e. The number of ether oxygens (including phenoxy) is 1. The molecule has 0 bridgehead atoms. The average Bonchev–Trinajstić information content (AvgIpc) is 2.80. The zero-order chi connectivity index (χ0) is 13.0. The molecule has 7 heteroatoms. The van der Waals surface area contributed by atoms with Gasteiger partial charge in [0.2, 0.25) is 5.16 Å². The molecular formula is C11H12FN3O2S. The fourth-order valence-corrected chi connectivity index (χ4v) is 2.04. The van der Waals surface area contributed by atoms with Crippen molar-refractivity contribution in [3.63, 3.8) is 0 Å². The maximum atomic E-state index is 12.7. The molecule has 0 N–H and O–H groups in total. The van der Waals surface area contributed by atoms with Gasteiger partial charge >= 0.3 is 0 Å². The number of aromatic nitrogens is 3. The van der Waals surface area contributed by atoms with E-state index in [1.807, 2.05) is 0 Å². The fraction of sp³-hybridized carbons (Fsp3) is 0.273. The van der Waals surface area contributed by atoms with E-state index >= 15 is 0 Å². The first-order chi connectivity index (χ1) is 8.66. The topological polar surface area (TPSA) is 57.0 Å². The SMILES string of the molecule is C[S@](=O)c1nncn1CCOc1ccc(F)cc1.